The van der Waals surface area contributed by atoms with Gasteiger partial charge in [0, 0.05) is 12.6 Å². The van der Waals surface area contributed by atoms with Crippen molar-refractivity contribution in [3.63, 3.8) is 0 Å². The summed E-state index contributed by atoms with van der Waals surface area (Å²) in [6.45, 7) is 8.92. The summed E-state index contributed by atoms with van der Waals surface area (Å²) in [5.74, 6) is 2.59. The van der Waals surface area contributed by atoms with Crippen molar-refractivity contribution < 1.29 is 14.4 Å². The molecule has 0 unspecified atom stereocenters. The van der Waals surface area contributed by atoms with Crippen LogP contribution in [0.2, 0.25) is 0 Å². The van der Waals surface area contributed by atoms with Gasteiger partial charge < -0.3 is 15.1 Å². The Morgan fingerprint density at radius 3 is 2.44 bits per heavy atom. The van der Waals surface area contributed by atoms with Crippen molar-refractivity contribution in [1.82, 2.24) is 25.1 Å². The molecule has 0 aliphatic carbocycles. The summed E-state index contributed by atoms with van der Waals surface area (Å²) in [5.41, 5.74) is 0.972. The Hall–Kier alpha value is -3.05. The summed E-state index contributed by atoms with van der Waals surface area (Å²) in [5, 5.41) is 6.17. The standard InChI is InChI=1S/C26H37N5O3/c1-6-14-28-18-24(32)30-22(15-19(4)5)25(33)29(21(7-2)8-3)17-23(30)31(28)26(34)27-16-20-12-10-9-11-13-20/h1,9-13,19,21-23H,7-8,14-18H2,2-5H3,(H,27,34)/t22-,23-/m0/s1. The molecule has 34 heavy (non-hydrogen) atoms. The van der Waals surface area contributed by atoms with Crippen LogP contribution in [0, 0.1) is 18.3 Å². The van der Waals surface area contributed by atoms with Crippen LogP contribution in [0.5, 0.6) is 0 Å². The number of nitrogens with zero attached hydrogens (tertiary/aromatic N) is 4. The van der Waals surface area contributed by atoms with E-state index in [-0.39, 0.29) is 49.4 Å². The highest BCUT2D eigenvalue weighted by Gasteiger charge is 2.52. The van der Waals surface area contributed by atoms with Gasteiger partial charge in [0.15, 0.2) is 0 Å². The Balaban J connectivity index is 1.96. The van der Waals surface area contributed by atoms with Crippen LogP contribution in [0.1, 0.15) is 52.5 Å². The number of nitrogens with one attached hydrogen (secondary N) is 1. The molecule has 0 aromatic heterocycles. The Kier molecular flexibility index (Phi) is 8.56. The second-order valence-electron chi connectivity index (χ2n) is 9.40. The number of terminal acetylenes is 1. The first-order chi connectivity index (χ1) is 16.3. The van der Waals surface area contributed by atoms with Crippen molar-refractivity contribution in [1.29, 1.82) is 0 Å². The van der Waals surface area contributed by atoms with Crippen molar-refractivity contribution in [3.8, 4) is 12.3 Å². The van der Waals surface area contributed by atoms with E-state index < -0.39 is 12.2 Å². The number of carbonyl (C=O) groups excluding carboxylic acids is 3. The lowest BCUT2D eigenvalue weighted by Gasteiger charge is -2.56. The number of fused-ring (bicyclic) bond motifs is 1. The van der Waals surface area contributed by atoms with Crippen molar-refractivity contribution in [2.75, 3.05) is 19.6 Å². The van der Waals surface area contributed by atoms with E-state index in [1.165, 1.54) is 0 Å². The van der Waals surface area contributed by atoms with Crippen LogP contribution in [0.15, 0.2) is 30.3 Å². The SMILES string of the molecule is C#CCN1CC(=O)N2[C@@H](CC(C)C)C(=O)N(C(CC)CC)C[C@@H]2N1C(=O)NCc1ccccc1. The minimum absolute atomic E-state index is 0.0259. The molecule has 0 radical (unpaired) electrons. The number of hydrogen-bond acceptors (Lipinski definition) is 4. The van der Waals surface area contributed by atoms with Crippen LogP contribution in [0.3, 0.4) is 0 Å². The summed E-state index contributed by atoms with van der Waals surface area (Å²) < 4.78 is 0. The van der Waals surface area contributed by atoms with Crippen molar-refractivity contribution in [2.45, 2.75) is 71.8 Å². The predicted octanol–water partition coefficient (Wildman–Crippen LogP) is 2.66. The van der Waals surface area contributed by atoms with Crippen molar-refractivity contribution in [2.24, 2.45) is 5.92 Å². The number of carbonyl (C=O) groups is 3. The molecule has 1 aromatic rings. The third-order valence-electron chi connectivity index (χ3n) is 6.62. The second-order valence-corrected chi connectivity index (χ2v) is 9.40. The van der Waals surface area contributed by atoms with E-state index in [0.717, 1.165) is 18.4 Å². The minimum atomic E-state index is -0.604. The molecule has 2 fully saturated rings. The molecule has 2 aliphatic rings. The Morgan fingerprint density at radius 2 is 1.85 bits per heavy atom. The van der Waals surface area contributed by atoms with Gasteiger partial charge in [0.1, 0.15) is 12.2 Å². The van der Waals surface area contributed by atoms with Gasteiger partial charge in [-0.2, -0.15) is 5.01 Å². The third-order valence-corrected chi connectivity index (χ3v) is 6.62. The van der Waals surface area contributed by atoms with Gasteiger partial charge >= 0.3 is 6.03 Å². The minimum Gasteiger partial charge on any atom is -0.334 e. The normalized spacial score (nSPS) is 21.1. The first kappa shape index (κ1) is 25.6. The maximum Gasteiger partial charge on any atom is 0.334 e. The average Bonchev–Trinajstić information content (AvgIpc) is 2.81. The Morgan fingerprint density at radius 1 is 1.18 bits per heavy atom. The maximum atomic E-state index is 13.6. The summed E-state index contributed by atoms with van der Waals surface area (Å²) in [6, 6.07) is 8.78. The maximum absolute atomic E-state index is 13.6. The third kappa shape index (κ3) is 5.36. The molecule has 2 heterocycles. The molecule has 2 saturated heterocycles. The molecule has 8 heteroatoms. The Bertz CT molecular complexity index is 909. The van der Waals surface area contributed by atoms with E-state index in [1.54, 1.807) is 14.9 Å². The fourth-order valence-electron chi connectivity index (χ4n) is 4.98. The zero-order valence-electron chi connectivity index (χ0n) is 20.7. The van der Waals surface area contributed by atoms with Gasteiger partial charge in [-0.05, 0) is 30.7 Å². The smallest absolute Gasteiger partial charge is 0.334 e. The van der Waals surface area contributed by atoms with Gasteiger partial charge in [0.25, 0.3) is 0 Å². The number of amides is 4. The highest BCUT2D eigenvalue weighted by atomic mass is 16.2. The van der Waals surface area contributed by atoms with Gasteiger partial charge in [-0.15, -0.1) is 6.42 Å². The topological polar surface area (TPSA) is 76.2 Å². The monoisotopic (exact) mass is 467 g/mol. The second kappa shape index (κ2) is 11.4. The molecule has 1 aromatic carbocycles. The summed E-state index contributed by atoms with van der Waals surface area (Å²) in [7, 11) is 0. The molecular formula is C26H37N5O3. The molecular weight excluding hydrogens is 430 g/mol. The number of hydrogen-bond donors (Lipinski definition) is 1. The van der Waals surface area contributed by atoms with Crippen LogP contribution in [0.25, 0.3) is 0 Å². The lowest BCUT2D eigenvalue weighted by atomic mass is 9.95. The molecule has 2 atom stereocenters. The molecule has 0 saturated carbocycles. The largest absolute Gasteiger partial charge is 0.334 e. The van der Waals surface area contributed by atoms with Crippen LogP contribution >= 0.6 is 0 Å². The zero-order chi connectivity index (χ0) is 24.8. The highest BCUT2D eigenvalue weighted by Crippen LogP contribution is 2.31. The van der Waals surface area contributed by atoms with Crippen LogP contribution < -0.4 is 5.32 Å². The van der Waals surface area contributed by atoms with Gasteiger partial charge in [0.2, 0.25) is 11.8 Å². The molecule has 2 aliphatic heterocycles. The Labute approximate surface area is 203 Å². The first-order valence-electron chi connectivity index (χ1n) is 12.2. The fourth-order valence-corrected chi connectivity index (χ4v) is 4.98. The molecule has 0 bridgehead atoms. The number of benzene rings is 1. The number of urea groups is 1. The lowest BCUT2D eigenvalue weighted by Crippen LogP contribution is -2.77. The van der Waals surface area contributed by atoms with Gasteiger partial charge in [-0.3, -0.25) is 9.59 Å². The summed E-state index contributed by atoms with van der Waals surface area (Å²) >= 11 is 0. The first-order valence-corrected chi connectivity index (χ1v) is 12.2. The number of rotatable bonds is 8. The van der Waals surface area contributed by atoms with Crippen molar-refractivity contribution >= 4 is 17.8 Å². The summed E-state index contributed by atoms with van der Waals surface area (Å²) in [6.07, 6.45) is 7.16. The molecule has 8 nitrogen and oxygen atoms in total. The predicted molar refractivity (Wildman–Crippen MR) is 131 cm³/mol. The van der Waals surface area contributed by atoms with Gasteiger partial charge in [-0.25, -0.2) is 9.80 Å². The molecule has 184 valence electrons. The van der Waals surface area contributed by atoms with E-state index in [0.29, 0.717) is 13.0 Å². The van der Waals surface area contributed by atoms with E-state index in [1.807, 2.05) is 49.1 Å². The van der Waals surface area contributed by atoms with E-state index in [9.17, 15) is 14.4 Å². The molecule has 4 amide bonds. The molecule has 3 rings (SSSR count). The van der Waals surface area contributed by atoms with Gasteiger partial charge in [0.05, 0.1) is 19.6 Å². The van der Waals surface area contributed by atoms with Crippen LogP contribution in [-0.4, -0.2) is 75.5 Å². The van der Waals surface area contributed by atoms with Gasteiger partial charge in [-0.1, -0.05) is 63.9 Å². The quantitative estimate of drug-likeness (QED) is 0.597. The van der Waals surface area contributed by atoms with Crippen molar-refractivity contribution in [3.05, 3.63) is 35.9 Å². The average molecular weight is 468 g/mol. The summed E-state index contributed by atoms with van der Waals surface area (Å²) in [4.78, 5) is 43.9. The molecule has 0 spiro atoms. The lowest BCUT2D eigenvalue weighted by molar-refractivity contribution is -0.192. The molecule has 1 N–H and O–H groups in total. The van der Waals surface area contributed by atoms with E-state index in [2.05, 4.69) is 25.1 Å². The van der Waals surface area contributed by atoms with Crippen LogP contribution in [-0.2, 0) is 16.1 Å². The van der Waals surface area contributed by atoms with E-state index >= 15 is 0 Å². The number of hydrazine groups is 1. The fraction of sp³-hybridized carbons (Fsp3) is 0.577. The zero-order valence-corrected chi connectivity index (χ0v) is 20.7. The van der Waals surface area contributed by atoms with Crippen LogP contribution in [0.4, 0.5) is 4.79 Å². The van der Waals surface area contributed by atoms with E-state index in [4.69, 9.17) is 6.42 Å². The number of piperazine rings is 1. The highest BCUT2D eigenvalue weighted by molar-refractivity contribution is 5.91.